The van der Waals surface area contributed by atoms with Gasteiger partial charge in [-0.2, -0.15) is 5.10 Å². The van der Waals surface area contributed by atoms with Crippen LogP contribution >= 0.6 is 0 Å². The van der Waals surface area contributed by atoms with Crippen LogP contribution in [0.2, 0.25) is 0 Å². The summed E-state index contributed by atoms with van der Waals surface area (Å²) in [6.07, 6.45) is 1.90. The zero-order valence-corrected chi connectivity index (χ0v) is 13.6. The SMILES string of the molecule is CCn1ccc([C@H](C)NC(=O)c2cc(C)nc3onc(C)c23)n1. The van der Waals surface area contributed by atoms with E-state index in [9.17, 15) is 4.79 Å². The number of nitrogens with zero attached hydrogens (tertiary/aromatic N) is 4. The lowest BCUT2D eigenvalue weighted by Crippen LogP contribution is -2.27. The van der Waals surface area contributed by atoms with Gasteiger partial charge in [-0.1, -0.05) is 5.16 Å². The van der Waals surface area contributed by atoms with E-state index in [1.54, 1.807) is 13.0 Å². The quantitative estimate of drug-likeness (QED) is 0.800. The van der Waals surface area contributed by atoms with Crippen LogP contribution in [0.5, 0.6) is 0 Å². The molecule has 120 valence electrons. The Balaban J connectivity index is 1.90. The summed E-state index contributed by atoms with van der Waals surface area (Å²) >= 11 is 0. The predicted molar refractivity (Wildman–Crippen MR) is 85.1 cm³/mol. The van der Waals surface area contributed by atoms with E-state index in [0.717, 1.165) is 12.2 Å². The average Bonchev–Trinajstić information content (AvgIpc) is 3.13. The topological polar surface area (TPSA) is 85.8 Å². The highest BCUT2D eigenvalue weighted by atomic mass is 16.5. The normalized spacial score (nSPS) is 12.5. The highest BCUT2D eigenvalue weighted by Crippen LogP contribution is 2.22. The minimum atomic E-state index is -0.195. The van der Waals surface area contributed by atoms with Crippen molar-refractivity contribution in [2.45, 2.75) is 40.3 Å². The van der Waals surface area contributed by atoms with Gasteiger partial charge in [-0.25, -0.2) is 4.98 Å². The van der Waals surface area contributed by atoms with Crippen molar-refractivity contribution in [3.05, 3.63) is 41.0 Å². The van der Waals surface area contributed by atoms with Gasteiger partial charge in [0, 0.05) is 18.4 Å². The lowest BCUT2D eigenvalue weighted by Gasteiger charge is -2.12. The van der Waals surface area contributed by atoms with Crippen LogP contribution in [0, 0.1) is 13.8 Å². The fourth-order valence-corrected chi connectivity index (χ4v) is 2.53. The minimum absolute atomic E-state index is 0.189. The van der Waals surface area contributed by atoms with Gasteiger partial charge in [0.2, 0.25) is 0 Å². The standard InChI is InChI=1S/C16H19N5O2/c1-5-21-7-6-13(19-21)10(3)18-15(22)12-8-9(2)17-16-14(12)11(4)20-23-16/h6-8,10H,5H2,1-4H3,(H,18,22)/t10-/m0/s1. The van der Waals surface area contributed by atoms with Crippen molar-refractivity contribution in [3.63, 3.8) is 0 Å². The summed E-state index contributed by atoms with van der Waals surface area (Å²) < 4.78 is 7.00. The first-order valence-electron chi connectivity index (χ1n) is 7.57. The molecule has 3 rings (SSSR count). The molecule has 0 bridgehead atoms. The first-order chi connectivity index (χ1) is 11.0. The van der Waals surface area contributed by atoms with Crippen molar-refractivity contribution in [2.75, 3.05) is 0 Å². The number of carbonyl (C=O) groups is 1. The zero-order valence-electron chi connectivity index (χ0n) is 13.6. The number of rotatable bonds is 4. The number of aryl methyl sites for hydroxylation is 3. The number of pyridine rings is 1. The first kappa shape index (κ1) is 15.2. The minimum Gasteiger partial charge on any atom is -0.344 e. The monoisotopic (exact) mass is 313 g/mol. The van der Waals surface area contributed by atoms with E-state index in [4.69, 9.17) is 4.52 Å². The Kier molecular flexibility index (Phi) is 3.85. The van der Waals surface area contributed by atoms with Gasteiger partial charge in [0.15, 0.2) is 0 Å². The Labute approximate surface area is 133 Å². The Morgan fingerprint density at radius 3 is 2.91 bits per heavy atom. The number of fused-ring (bicyclic) bond motifs is 1. The van der Waals surface area contributed by atoms with Crippen molar-refractivity contribution in [2.24, 2.45) is 0 Å². The molecule has 0 spiro atoms. The van der Waals surface area contributed by atoms with Crippen molar-refractivity contribution in [1.29, 1.82) is 0 Å². The third kappa shape index (κ3) is 2.81. The van der Waals surface area contributed by atoms with Gasteiger partial charge in [0.1, 0.15) is 0 Å². The maximum atomic E-state index is 12.7. The molecule has 0 saturated carbocycles. The molecule has 23 heavy (non-hydrogen) atoms. The molecule has 1 N–H and O–H groups in total. The lowest BCUT2D eigenvalue weighted by atomic mass is 10.1. The number of aromatic nitrogens is 4. The van der Waals surface area contributed by atoms with Gasteiger partial charge in [0.25, 0.3) is 11.6 Å². The van der Waals surface area contributed by atoms with Crippen molar-refractivity contribution >= 4 is 17.0 Å². The van der Waals surface area contributed by atoms with Crippen LogP contribution in [0.4, 0.5) is 0 Å². The molecule has 1 atom stereocenters. The van der Waals surface area contributed by atoms with E-state index < -0.39 is 0 Å². The van der Waals surface area contributed by atoms with Gasteiger partial charge < -0.3 is 9.84 Å². The third-order valence-corrected chi connectivity index (χ3v) is 3.77. The van der Waals surface area contributed by atoms with E-state index in [2.05, 4.69) is 20.6 Å². The second-order valence-electron chi connectivity index (χ2n) is 5.55. The second kappa shape index (κ2) is 5.83. The summed E-state index contributed by atoms with van der Waals surface area (Å²) in [5, 5.41) is 11.9. The van der Waals surface area contributed by atoms with Crippen LogP contribution in [-0.2, 0) is 6.54 Å². The Bertz CT molecular complexity index is 865. The van der Waals surface area contributed by atoms with Gasteiger partial charge >= 0.3 is 0 Å². The molecule has 0 unspecified atom stereocenters. The molecule has 1 amide bonds. The fraction of sp³-hybridized carbons (Fsp3) is 0.375. The fourth-order valence-electron chi connectivity index (χ4n) is 2.53. The molecule has 3 heterocycles. The number of carbonyl (C=O) groups excluding carboxylic acids is 1. The largest absolute Gasteiger partial charge is 0.344 e. The Hall–Kier alpha value is -2.70. The smallest absolute Gasteiger partial charge is 0.258 e. The van der Waals surface area contributed by atoms with E-state index in [0.29, 0.717) is 28.1 Å². The lowest BCUT2D eigenvalue weighted by molar-refractivity contribution is 0.0940. The van der Waals surface area contributed by atoms with Crippen LogP contribution in [-0.4, -0.2) is 25.8 Å². The first-order valence-corrected chi connectivity index (χ1v) is 7.57. The molecular weight excluding hydrogens is 294 g/mol. The van der Waals surface area contributed by atoms with Gasteiger partial charge in [-0.3, -0.25) is 9.48 Å². The summed E-state index contributed by atoms with van der Waals surface area (Å²) in [5.41, 5.74) is 3.09. The van der Waals surface area contributed by atoms with Gasteiger partial charge in [-0.15, -0.1) is 0 Å². The predicted octanol–water partition coefficient (Wildman–Crippen LogP) is 2.55. The van der Waals surface area contributed by atoms with Crippen molar-refractivity contribution < 1.29 is 9.32 Å². The van der Waals surface area contributed by atoms with Crippen LogP contribution in [0.1, 0.15) is 47.3 Å². The van der Waals surface area contributed by atoms with E-state index in [-0.39, 0.29) is 11.9 Å². The summed E-state index contributed by atoms with van der Waals surface area (Å²) in [6.45, 7) is 8.34. The zero-order chi connectivity index (χ0) is 16.6. The molecular formula is C16H19N5O2. The number of hydrogen-bond acceptors (Lipinski definition) is 5. The molecule has 0 aromatic carbocycles. The molecule has 7 nitrogen and oxygen atoms in total. The molecule has 0 aliphatic heterocycles. The molecule has 0 fully saturated rings. The Morgan fingerprint density at radius 2 is 2.22 bits per heavy atom. The summed E-state index contributed by atoms with van der Waals surface area (Å²) in [6, 6.07) is 3.46. The summed E-state index contributed by atoms with van der Waals surface area (Å²) in [7, 11) is 0. The van der Waals surface area contributed by atoms with Gasteiger partial charge in [0.05, 0.1) is 28.4 Å². The third-order valence-electron chi connectivity index (χ3n) is 3.77. The highest BCUT2D eigenvalue weighted by molar-refractivity contribution is 6.06. The highest BCUT2D eigenvalue weighted by Gasteiger charge is 2.20. The molecule has 0 saturated heterocycles. The molecule has 3 aromatic heterocycles. The van der Waals surface area contributed by atoms with Gasteiger partial charge in [-0.05, 0) is 39.8 Å². The molecule has 7 heteroatoms. The van der Waals surface area contributed by atoms with Crippen LogP contribution in [0.3, 0.4) is 0 Å². The maximum absolute atomic E-state index is 12.7. The molecule has 3 aromatic rings. The number of hydrogen-bond donors (Lipinski definition) is 1. The molecule has 0 radical (unpaired) electrons. The van der Waals surface area contributed by atoms with Crippen LogP contribution in [0.15, 0.2) is 22.9 Å². The summed E-state index contributed by atoms with van der Waals surface area (Å²) in [4.78, 5) is 16.9. The van der Waals surface area contributed by atoms with Crippen LogP contribution in [0.25, 0.3) is 11.1 Å². The van der Waals surface area contributed by atoms with E-state index >= 15 is 0 Å². The summed E-state index contributed by atoms with van der Waals surface area (Å²) in [5.74, 6) is -0.189. The van der Waals surface area contributed by atoms with E-state index in [1.165, 1.54) is 0 Å². The number of nitrogens with one attached hydrogen (secondary N) is 1. The molecule has 0 aliphatic rings. The number of amides is 1. The second-order valence-corrected chi connectivity index (χ2v) is 5.55. The van der Waals surface area contributed by atoms with E-state index in [1.807, 2.05) is 37.7 Å². The Morgan fingerprint density at radius 1 is 1.43 bits per heavy atom. The average molecular weight is 313 g/mol. The maximum Gasteiger partial charge on any atom is 0.258 e. The van der Waals surface area contributed by atoms with Crippen molar-refractivity contribution in [3.8, 4) is 0 Å². The van der Waals surface area contributed by atoms with Crippen molar-refractivity contribution in [1.82, 2.24) is 25.2 Å². The molecule has 0 aliphatic carbocycles. The van der Waals surface area contributed by atoms with Crippen LogP contribution < -0.4 is 5.32 Å².